The quantitative estimate of drug-likeness (QED) is 0.767. The predicted octanol–water partition coefficient (Wildman–Crippen LogP) is 3.08. The average molecular weight is 268 g/mol. The summed E-state index contributed by atoms with van der Waals surface area (Å²) in [5, 5.41) is 2.36. The normalized spacial score (nSPS) is 11.8. The molecule has 2 aromatic rings. The first-order valence-electron chi connectivity index (χ1n) is 6.95. The summed E-state index contributed by atoms with van der Waals surface area (Å²) in [6.45, 7) is 4.85. The molecule has 0 bridgehead atoms. The van der Waals surface area contributed by atoms with E-state index >= 15 is 0 Å². The van der Waals surface area contributed by atoms with E-state index < -0.39 is 0 Å². The highest BCUT2D eigenvalue weighted by atomic mass is 16.5. The maximum absolute atomic E-state index is 5.21. The van der Waals surface area contributed by atoms with Crippen LogP contribution in [-0.4, -0.2) is 7.11 Å². The molecule has 104 valence electrons. The van der Waals surface area contributed by atoms with Crippen LogP contribution < -0.4 is 10.1 Å². The zero-order valence-corrected chi connectivity index (χ0v) is 12.0. The topological polar surface area (TPSA) is 25.8 Å². The van der Waals surface area contributed by atoms with Crippen LogP contribution >= 0.6 is 0 Å². The van der Waals surface area contributed by atoms with E-state index in [2.05, 4.69) is 48.3 Å². The minimum atomic E-state index is 0.401. The van der Waals surface area contributed by atoms with Crippen molar-refractivity contribution in [3.8, 4) is 5.75 Å². The van der Waals surface area contributed by atoms with Crippen LogP contribution in [0.3, 0.4) is 0 Å². The molecule has 0 aromatic heterocycles. The maximum atomic E-state index is 5.21. The largest absolute Gasteiger partial charge is 0.497 e. The molecule has 2 aromatic carbocycles. The fraction of sp³-hybridized carbons (Fsp3) is 0.222. The zero-order chi connectivity index (χ0) is 14.2. The van der Waals surface area contributed by atoms with E-state index in [1.165, 1.54) is 11.1 Å². The Balaban J connectivity index is 2.04. The Morgan fingerprint density at radius 2 is 1.80 bits per heavy atom. The lowest BCUT2D eigenvalue weighted by atomic mass is 10.0. The minimum absolute atomic E-state index is 0.401. The van der Waals surface area contributed by atoms with Gasteiger partial charge in [-0.05, 0) is 24.3 Å². The van der Waals surface area contributed by atoms with Crippen molar-refractivity contribution < 1.29 is 10.1 Å². The van der Waals surface area contributed by atoms with E-state index in [0.717, 1.165) is 18.7 Å². The van der Waals surface area contributed by atoms with Gasteiger partial charge in [-0.25, -0.2) is 0 Å². The maximum Gasteiger partial charge on any atom is 0.118 e. The van der Waals surface area contributed by atoms with Crippen molar-refractivity contribution in [2.45, 2.75) is 19.0 Å². The summed E-state index contributed by atoms with van der Waals surface area (Å²) in [6, 6.07) is 19.2. The Hall–Kier alpha value is -2.06. The van der Waals surface area contributed by atoms with Gasteiger partial charge in [0.15, 0.2) is 0 Å². The van der Waals surface area contributed by atoms with Crippen molar-refractivity contribution in [2.24, 2.45) is 0 Å². The zero-order valence-electron chi connectivity index (χ0n) is 12.0. The van der Waals surface area contributed by atoms with Crippen molar-refractivity contribution in [1.29, 1.82) is 0 Å². The van der Waals surface area contributed by atoms with Gasteiger partial charge in [-0.2, -0.15) is 0 Å². The Morgan fingerprint density at radius 3 is 2.40 bits per heavy atom. The fourth-order valence-electron chi connectivity index (χ4n) is 2.29. The van der Waals surface area contributed by atoms with E-state index in [1.54, 1.807) is 7.11 Å². The summed E-state index contributed by atoms with van der Waals surface area (Å²) < 4.78 is 5.21. The third-order valence-electron chi connectivity index (χ3n) is 3.45. The molecule has 2 heteroatoms. The van der Waals surface area contributed by atoms with Crippen LogP contribution in [0.1, 0.15) is 23.6 Å². The van der Waals surface area contributed by atoms with Crippen molar-refractivity contribution in [1.82, 2.24) is 0 Å². The molecule has 0 amide bonds. The van der Waals surface area contributed by atoms with Gasteiger partial charge >= 0.3 is 0 Å². The lowest BCUT2D eigenvalue weighted by Crippen LogP contribution is -2.83. The lowest BCUT2D eigenvalue weighted by molar-refractivity contribution is -0.710. The molecular weight excluding hydrogens is 246 g/mol. The van der Waals surface area contributed by atoms with Gasteiger partial charge in [0.25, 0.3) is 0 Å². The number of methoxy groups -OCH3 is 1. The second-order valence-electron chi connectivity index (χ2n) is 4.83. The van der Waals surface area contributed by atoms with Crippen LogP contribution in [-0.2, 0) is 6.54 Å². The molecule has 1 atom stereocenters. The van der Waals surface area contributed by atoms with E-state index in [-0.39, 0.29) is 0 Å². The summed E-state index contributed by atoms with van der Waals surface area (Å²) >= 11 is 0. The molecule has 0 aliphatic rings. The van der Waals surface area contributed by atoms with Crippen LogP contribution in [0.25, 0.3) is 0 Å². The average Bonchev–Trinajstić information content (AvgIpc) is 2.52. The minimum Gasteiger partial charge on any atom is -0.497 e. The standard InChI is InChI=1S/C18H21NO/c1-3-7-18(16-10-12-17(20-2)13-11-16)19-14-15-8-5-4-6-9-15/h3-6,8-13,18-19H,1,7,14H2,2H3/p+1/t18-/m0/s1. The SMILES string of the molecule is C=CC[C@H]([NH2+]Cc1ccccc1)c1ccc(OC)cc1. The fourth-order valence-corrected chi connectivity index (χ4v) is 2.29. The van der Waals surface area contributed by atoms with Gasteiger partial charge in [-0.3, -0.25) is 0 Å². The highest BCUT2D eigenvalue weighted by Crippen LogP contribution is 2.17. The van der Waals surface area contributed by atoms with Crippen LogP contribution in [0.5, 0.6) is 5.75 Å². The van der Waals surface area contributed by atoms with Crippen molar-refractivity contribution in [3.05, 3.63) is 78.4 Å². The van der Waals surface area contributed by atoms with Crippen LogP contribution in [0.15, 0.2) is 67.3 Å². The summed E-state index contributed by atoms with van der Waals surface area (Å²) in [5.41, 5.74) is 2.65. The molecule has 2 N–H and O–H groups in total. The number of hydrogen-bond acceptors (Lipinski definition) is 1. The second kappa shape index (κ2) is 7.51. The van der Waals surface area contributed by atoms with E-state index in [0.29, 0.717) is 6.04 Å². The van der Waals surface area contributed by atoms with Gasteiger partial charge in [0.1, 0.15) is 18.3 Å². The summed E-state index contributed by atoms with van der Waals surface area (Å²) in [7, 11) is 1.69. The lowest BCUT2D eigenvalue weighted by Gasteiger charge is -2.15. The summed E-state index contributed by atoms with van der Waals surface area (Å²) in [5.74, 6) is 0.897. The molecule has 0 spiro atoms. The molecule has 2 nitrogen and oxygen atoms in total. The molecule has 0 aliphatic carbocycles. The molecule has 0 fully saturated rings. The molecule has 20 heavy (non-hydrogen) atoms. The van der Waals surface area contributed by atoms with E-state index in [9.17, 15) is 0 Å². The molecular formula is C18H22NO+. The molecule has 0 saturated heterocycles. The number of rotatable bonds is 7. The molecule has 2 rings (SSSR count). The van der Waals surface area contributed by atoms with Crippen LogP contribution in [0, 0.1) is 0 Å². The van der Waals surface area contributed by atoms with Crippen molar-refractivity contribution in [3.63, 3.8) is 0 Å². The third kappa shape index (κ3) is 3.97. The first-order valence-corrected chi connectivity index (χ1v) is 6.95. The smallest absolute Gasteiger partial charge is 0.118 e. The van der Waals surface area contributed by atoms with E-state index in [1.807, 2.05) is 24.3 Å². The Labute approximate surface area is 121 Å². The number of benzene rings is 2. The van der Waals surface area contributed by atoms with Gasteiger partial charge in [-0.15, -0.1) is 6.58 Å². The highest BCUT2D eigenvalue weighted by molar-refractivity contribution is 5.28. The van der Waals surface area contributed by atoms with Gasteiger partial charge < -0.3 is 10.1 Å². The Morgan fingerprint density at radius 1 is 1.10 bits per heavy atom. The van der Waals surface area contributed by atoms with Gasteiger partial charge in [0.2, 0.25) is 0 Å². The predicted molar refractivity (Wildman–Crippen MR) is 82.6 cm³/mol. The van der Waals surface area contributed by atoms with Gasteiger partial charge in [-0.1, -0.05) is 36.4 Å². The monoisotopic (exact) mass is 268 g/mol. The Bertz CT molecular complexity index is 519. The number of hydrogen-bond donors (Lipinski definition) is 1. The number of ether oxygens (including phenoxy) is 1. The summed E-state index contributed by atoms with van der Waals surface area (Å²) in [4.78, 5) is 0. The van der Waals surface area contributed by atoms with Crippen molar-refractivity contribution in [2.75, 3.05) is 7.11 Å². The molecule has 0 radical (unpaired) electrons. The third-order valence-corrected chi connectivity index (χ3v) is 3.45. The first kappa shape index (κ1) is 14.4. The molecule has 0 saturated carbocycles. The Kier molecular flexibility index (Phi) is 5.39. The number of nitrogens with two attached hydrogens (primary N) is 1. The van der Waals surface area contributed by atoms with Crippen LogP contribution in [0.4, 0.5) is 0 Å². The number of quaternary nitrogens is 1. The van der Waals surface area contributed by atoms with E-state index in [4.69, 9.17) is 4.74 Å². The van der Waals surface area contributed by atoms with Crippen LogP contribution in [0.2, 0.25) is 0 Å². The van der Waals surface area contributed by atoms with Gasteiger partial charge in [0.05, 0.1) is 7.11 Å². The second-order valence-corrected chi connectivity index (χ2v) is 4.83. The summed E-state index contributed by atoms with van der Waals surface area (Å²) in [6.07, 6.45) is 2.94. The molecule has 0 unspecified atom stereocenters. The molecule has 0 heterocycles. The highest BCUT2D eigenvalue weighted by Gasteiger charge is 2.13. The first-order chi connectivity index (χ1) is 9.83. The molecule has 0 aliphatic heterocycles. The van der Waals surface area contributed by atoms with Gasteiger partial charge in [0, 0.05) is 17.5 Å². The van der Waals surface area contributed by atoms with Crippen molar-refractivity contribution >= 4 is 0 Å².